The lowest BCUT2D eigenvalue weighted by molar-refractivity contribution is 0.494. The van der Waals surface area contributed by atoms with Gasteiger partial charge in [0.15, 0.2) is 0 Å². The molecule has 1 saturated heterocycles. The summed E-state index contributed by atoms with van der Waals surface area (Å²) >= 11 is 6.12. The highest BCUT2D eigenvalue weighted by Crippen LogP contribution is 2.32. The number of hydrogen-bond donors (Lipinski definition) is 1. The average Bonchev–Trinajstić information content (AvgIpc) is 2.62. The van der Waals surface area contributed by atoms with E-state index in [1.54, 1.807) is 0 Å². The lowest BCUT2D eigenvalue weighted by Crippen LogP contribution is -2.22. The second kappa shape index (κ2) is 5.28. The van der Waals surface area contributed by atoms with Crippen molar-refractivity contribution in [3.8, 4) is 0 Å². The maximum atomic E-state index is 6.12. The highest BCUT2D eigenvalue weighted by atomic mass is 35.5. The van der Waals surface area contributed by atoms with Crippen LogP contribution in [-0.2, 0) is 6.54 Å². The van der Waals surface area contributed by atoms with Crippen LogP contribution >= 0.6 is 11.6 Å². The maximum absolute atomic E-state index is 6.12. The summed E-state index contributed by atoms with van der Waals surface area (Å²) in [5, 5.41) is 4.05. The van der Waals surface area contributed by atoms with E-state index in [2.05, 4.69) is 36.2 Å². The Morgan fingerprint density at radius 1 is 1.29 bits per heavy atom. The predicted octanol–water partition coefficient (Wildman–Crippen LogP) is 3.15. The van der Waals surface area contributed by atoms with Gasteiger partial charge in [0, 0.05) is 30.3 Å². The van der Waals surface area contributed by atoms with Gasteiger partial charge in [0.2, 0.25) is 0 Å². The molecule has 0 radical (unpaired) electrons. The molecule has 0 bridgehead atoms. The van der Waals surface area contributed by atoms with Crippen LogP contribution in [0, 0.1) is 11.8 Å². The van der Waals surface area contributed by atoms with Crippen molar-refractivity contribution in [2.24, 2.45) is 11.8 Å². The zero-order valence-electron chi connectivity index (χ0n) is 10.8. The van der Waals surface area contributed by atoms with Crippen LogP contribution in [-0.4, -0.2) is 20.1 Å². The summed E-state index contributed by atoms with van der Waals surface area (Å²) in [7, 11) is 1.98. The number of nitrogens with one attached hydrogen (secondary N) is 1. The van der Waals surface area contributed by atoms with E-state index in [4.69, 9.17) is 11.6 Å². The lowest BCUT2D eigenvalue weighted by Gasteiger charge is -2.22. The predicted molar refractivity (Wildman–Crippen MR) is 74.8 cm³/mol. The van der Waals surface area contributed by atoms with E-state index in [-0.39, 0.29) is 0 Å². The fraction of sp³-hybridized carbons (Fsp3) is 0.571. The van der Waals surface area contributed by atoms with E-state index in [0.717, 1.165) is 36.5 Å². The Morgan fingerprint density at radius 3 is 2.53 bits per heavy atom. The lowest BCUT2D eigenvalue weighted by atomic mass is 10.0. The van der Waals surface area contributed by atoms with Gasteiger partial charge in [-0.1, -0.05) is 31.5 Å². The number of rotatable bonds is 3. The number of nitrogens with zero attached hydrogens (tertiary/aromatic N) is 1. The van der Waals surface area contributed by atoms with Crippen LogP contribution in [0.3, 0.4) is 0 Å². The maximum Gasteiger partial charge on any atom is 0.0426 e. The molecule has 1 aromatic rings. The Hall–Kier alpha value is -0.730. The Labute approximate surface area is 109 Å². The zero-order chi connectivity index (χ0) is 12.4. The molecule has 0 amide bonds. The second-order valence-electron chi connectivity index (χ2n) is 5.16. The van der Waals surface area contributed by atoms with Gasteiger partial charge in [-0.2, -0.15) is 0 Å². The van der Waals surface area contributed by atoms with Gasteiger partial charge in [-0.15, -0.1) is 0 Å². The third-order valence-electron chi connectivity index (χ3n) is 3.74. The number of hydrogen-bond acceptors (Lipinski definition) is 2. The number of halogens is 1. The highest BCUT2D eigenvalue weighted by Gasteiger charge is 2.27. The van der Waals surface area contributed by atoms with Crippen molar-refractivity contribution in [2.45, 2.75) is 20.4 Å². The zero-order valence-corrected chi connectivity index (χ0v) is 11.6. The van der Waals surface area contributed by atoms with Gasteiger partial charge in [-0.3, -0.25) is 0 Å². The van der Waals surface area contributed by atoms with E-state index in [1.807, 2.05) is 13.1 Å². The molecule has 0 aliphatic carbocycles. The molecule has 17 heavy (non-hydrogen) atoms. The number of benzene rings is 1. The molecule has 1 N–H and O–H groups in total. The molecule has 2 rings (SSSR count). The highest BCUT2D eigenvalue weighted by molar-refractivity contribution is 6.30. The molecule has 1 aliphatic heterocycles. The van der Waals surface area contributed by atoms with E-state index < -0.39 is 0 Å². The molecule has 1 aromatic carbocycles. The quantitative estimate of drug-likeness (QED) is 0.889. The number of anilines is 1. The third-order valence-corrected chi connectivity index (χ3v) is 3.98. The van der Waals surface area contributed by atoms with Crippen LogP contribution in [0.5, 0.6) is 0 Å². The summed E-state index contributed by atoms with van der Waals surface area (Å²) < 4.78 is 0. The molecule has 1 heterocycles. The molecular formula is C14H21ClN2. The molecule has 0 saturated carbocycles. The summed E-state index contributed by atoms with van der Waals surface area (Å²) in [4.78, 5) is 2.47. The summed E-state index contributed by atoms with van der Waals surface area (Å²) in [5.74, 6) is 1.52. The average molecular weight is 253 g/mol. The summed E-state index contributed by atoms with van der Waals surface area (Å²) in [6, 6.07) is 6.20. The van der Waals surface area contributed by atoms with E-state index >= 15 is 0 Å². The van der Waals surface area contributed by atoms with Crippen molar-refractivity contribution in [3.05, 3.63) is 28.8 Å². The Bertz CT molecular complexity index is 382. The Balaban J connectivity index is 2.27. The van der Waals surface area contributed by atoms with Gasteiger partial charge >= 0.3 is 0 Å². The topological polar surface area (TPSA) is 15.3 Å². The minimum atomic E-state index is 0.761. The molecule has 2 unspecified atom stereocenters. The minimum Gasteiger partial charge on any atom is -0.371 e. The van der Waals surface area contributed by atoms with E-state index in [1.165, 1.54) is 11.3 Å². The van der Waals surface area contributed by atoms with Crippen LogP contribution in [0.15, 0.2) is 18.2 Å². The Morgan fingerprint density at radius 2 is 1.94 bits per heavy atom. The van der Waals surface area contributed by atoms with Crippen LogP contribution < -0.4 is 10.2 Å². The van der Waals surface area contributed by atoms with Gasteiger partial charge in [0.1, 0.15) is 0 Å². The smallest absolute Gasteiger partial charge is 0.0426 e. The van der Waals surface area contributed by atoms with Crippen LogP contribution in [0.25, 0.3) is 0 Å². The van der Waals surface area contributed by atoms with E-state index in [0.29, 0.717) is 0 Å². The molecule has 1 fully saturated rings. The van der Waals surface area contributed by atoms with Crippen molar-refractivity contribution in [1.82, 2.24) is 5.32 Å². The first-order valence-corrected chi connectivity index (χ1v) is 6.67. The van der Waals surface area contributed by atoms with Crippen molar-refractivity contribution >= 4 is 17.3 Å². The minimum absolute atomic E-state index is 0.761. The van der Waals surface area contributed by atoms with Gasteiger partial charge in [-0.05, 0) is 36.6 Å². The molecule has 1 aliphatic rings. The molecule has 2 atom stereocenters. The standard InChI is InChI=1S/C14H21ClN2/c1-10-8-17(9-11(10)2)14-6-13(15)5-4-12(14)7-16-3/h4-6,10-11,16H,7-9H2,1-3H3. The molecule has 0 spiro atoms. The fourth-order valence-electron chi connectivity index (χ4n) is 2.50. The SMILES string of the molecule is CNCc1ccc(Cl)cc1N1CC(C)C(C)C1. The van der Waals surface area contributed by atoms with Crippen molar-refractivity contribution in [2.75, 3.05) is 25.0 Å². The molecular weight excluding hydrogens is 232 g/mol. The largest absolute Gasteiger partial charge is 0.371 e. The molecule has 2 nitrogen and oxygen atoms in total. The third kappa shape index (κ3) is 2.75. The first kappa shape index (κ1) is 12.7. The molecule has 0 aromatic heterocycles. The van der Waals surface area contributed by atoms with Crippen molar-refractivity contribution in [3.63, 3.8) is 0 Å². The van der Waals surface area contributed by atoms with Gasteiger partial charge in [-0.25, -0.2) is 0 Å². The summed E-state index contributed by atoms with van der Waals surface area (Å²) in [6.07, 6.45) is 0. The van der Waals surface area contributed by atoms with Gasteiger partial charge < -0.3 is 10.2 Å². The summed E-state index contributed by atoms with van der Waals surface area (Å²) in [5.41, 5.74) is 2.63. The van der Waals surface area contributed by atoms with Crippen LogP contribution in [0.2, 0.25) is 5.02 Å². The van der Waals surface area contributed by atoms with Gasteiger partial charge in [0.05, 0.1) is 0 Å². The monoisotopic (exact) mass is 252 g/mol. The van der Waals surface area contributed by atoms with Gasteiger partial charge in [0.25, 0.3) is 0 Å². The first-order chi connectivity index (χ1) is 8.11. The first-order valence-electron chi connectivity index (χ1n) is 6.29. The second-order valence-corrected chi connectivity index (χ2v) is 5.60. The van der Waals surface area contributed by atoms with E-state index in [9.17, 15) is 0 Å². The fourth-order valence-corrected chi connectivity index (χ4v) is 2.66. The van der Waals surface area contributed by atoms with Crippen LogP contribution in [0.1, 0.15) is 19.4 Å². The van der Waals surface area contributed by atoms with Crippen LogP contribution in [0.4, 0.5) is 5.69 Å². The molecule has 94 valence electrons. The van der Waals surface area contributed by atoms with Crippen molar-refractivity contribution in [1.29, 1.82) is 0 Å². The van der Waals surface area contributed by atoms with Crippen molar-refractivity contribution < 1.29 is 0 Å². The summed E-state index contributed by atoms with van der Waals surface area (Å²) in [6.45, 7) is 7.82. The normalized spacial score (nSPS) is 24.4. The molecule has 3 heteroatoms. The Kier molecular flexibility index (Phi) is 3.95.